The van der Waals surface area contributed by atoms with Crippen molar-refractivity contribution in [3.63, 3.8) is 0 Å². The highest BCUT2D eigenvalue weighted by molar-refractivity contribution is 6.20. The standard InChI is InChI=1S/C2H9ClN4/c3-1(4)2(5,6)7/h1H,4-7H2. The summed E-state index contributed by atoms with van der Waals surface area (Å²) in [5.74, 6) is -1.46. The average molecular weight is 125 g/mol. The molecule has 0 aromatic heterocycles. The van der Waals surface area contributed by atoms with Crippen molar-refractivity contribution in [2.45, 2.75) is 11.3 Å². The zero-order valence-electron chi connectivity index (χ0n) is 3.76. The van der Waals surface area contributed by atoms with Crippen molar-refractivity contribution in [2.75, 3.05) is 0 Å². The summed E-state index contributed by atoms with van der Waals surface area (Å²) in [4.78, 5) is 0. The second kappa shape index (κ2) is 1.94. The highest BCUT2D eigenvalue weighted by atomic mass is 35.5. The van der Waals surface area contributed by atoms with Crippen molar-refractivity contribution in [2.24, 2.45) is 22.9 Å². The Morgan fingerprint density at radius 1 is 1.29 bits per heavy atom. The third-order valence-corrected chi connectivity index (χ3v) is 0.856. The van der Waals surface area contributed by atoms with Crippen LogP contribution < -0.4 is 22.9 Å². The van der Waals surface area contributed by atoms with E-state index in [-0.39, 0.29) is 0 Å². The van der Waals surface area contributed by atoms with Gasteiger partial charge in [0, 0.05) is 0 Å². The summed E-state index contributed by atoms with van der Waals surface area (Å²) in [6.45, 7) is 0. The van der Waals surface area contributed by atoms with Crippen LogP contribution in [-0.2, 0) is 0 Å². The highest BCUT2D eigenvalue weighted by Crippen LogP contribution is 1.90. The zero-order chi connectivity index (χ0) is 6.08. The van der Waals surface area contributed by atoms with Gasteiger partial charge in [-0.05, 0) is 0 Å². The molecule has 0 aliphatic heterocycles. The van der Waals surface area contributed by atoms with Crippen LogP contribution in [0.25, 0.3) is 0 Å². The minimum atomic E-state index is -1.46. The normalized spacial score (nSPS) is 16.7. The minimum absolute atomic E-state index is 0.896. The minimum Gasteiger partial charge on any atom is -0.311 e. The Morgan fingerprint density at radius 3 is 1.43 bits per heavy atom. The van der Waals surface area contributed by atoms with E-state index in [0.29, 0.717) is 0 Å². The number of halogens is 1. The third-order valence-electron chi connectivity index (χ3n) is 0.478. The molecule has 1 atom stereocenters. The SMILES string of the molecule is NC(Cl)C(N)(N)N. The van der Waals surface area contributed by atoms with E-state index in [4.69, 9.17) is 34.5 Å². The van der Waals surface area contributed by atoms with Gasteiger partial charge >= 0.3 is 0 Å². The van der Waals surface area contributed by atoms with E-state index in [1.807, 2.05) is 0 Å². The molecule has 8 N–H and O–H groups in total. The molecular formula is C2H9ClN4. The van der Waals surface area contributed by atoms with Crippen LogP contribution in [0.2, 0.25) is 0 Å². The maximum absolute atomic E-state index is 5.16. The van der Waals surface area contributed by atoms with Crippen LogP contribution in [0.4, 0.5) is 0 Å². The van der Waals surface area contributed by atoms with Gasteiger partial charge < -0.3 is 5.73 Å². The first kappa shape index (κ1) is 7.13. The monoisotopic (exact) mass is 124 g/mol. The fourth-order valence-corrected chi connectivity index (χ4v) is 0. The fourth-order valence-electron chi connectivity index (χ4n) is 0. The first-order valence-corrected chi connectivity index (χ1v) is 2.14. The zero-order valence-corrected chi connectivity index (χ0v) is 4.52. The van der Waals surface area contributed by atoms with Gasteiger partial charge in [0.05, 0.1) is 0 Å². The molecule has 4 nitrogen and oxygen atoms in total. The molecule has 0 heterocycles. The molecule has 0 aromatic rings. The average Bonchev–Trinajstić information content (AvgIpc) is 1.31. The van der Waals surface area contributed by atoms with Crippen LogP contribution in [0.5, 0.6) is 0 Å². The first-order chi connectivity index (χ1) is 2.94. The Labute approximate surface area is 46.8 Å². The summed E-state index contributed by atoms with van der Waals surface area (Å²) in [5, 5.41) is 0. The van der Waals surface area contributed by atoms with Gasteiger partial charge in [-0.15, -0.1) is 11.6 Å². The molecule has 0 fully saturated rings. The number of alkyl halides is 1. The van der Waals surface area contributed by atoms with Crippen LogP contribution in [0.15, 0.2) is 0 Å². The molecule has 0 radical (unpaired) electrons. The van der Waals surface area contributed by atoms with E-state index < -0.39 is 11.3 Å². The number of nitrogens with two attached hydrogens (primary N) is 4. The summed E-state index contributed by atoms with van der Waals surface area (Å²) in [6.07, 6.45) is 0. The van der Waals surface area contributed by atoms with Gasteiger partial charge in [0.1, 0.15) is 11.3 Å². The number of hydrogen-bond acceptors (Lipinski definition) is 4. The second-order valence-electron chi connectivity index (χ2n) is 1.40. The molecule has 44 valence electrons. The van der Waals surface area contributed by atoms with Crippen molar-refractivity contribution >= 4 is 11.6 Å². The van der Waals surface area contributed by atoms with Crippen LogP contribution in [0, 0.1) is 0 Å². The fraction of sp³-hybridized carbons (Fsp3) is 1.00. The van der Waals surface area contributed by atoms with E-state index in [2.05, 4.69) is 0 Å². The lowest BCUT2D eigenvalue weighted by atomic mass is 10.4. The summed E-state index contributed by atoms with van der Waals surface area (Å²) in [5.41, 5.74) is 19.0. The summed E-state index contributed by atoms with van der Waals surface area (Å²) in [7, 11) is 0. The van der Waals surface area contributed by atoms with Crippen molar-refractivity contribution in [3.05, 3.63) is 0 Å². The Kier molecular flexibility index (Phi) is 1.97. The molecule has 0 aromatic carbocycles. The Bertz CT molecular complexity index is 55.2. The van der Waals surface area contributed by atoms with E-state index >= 15 is 0 Å². The van der Waals surface area contributed by atoms with Gasteiger partial charge in [0.2, 0.25) is 0 Å². The maximum Gasteiger partial charge on any atom is 0.146 e. The molecule has 1 unspecified atom stereocenters. The van der Waals surface area contributed by atoms with Crippen molar-refractivity contribution in [1.29, 1.82) is 0 Å². The lowest BCUT2D eigenvalue weighted by molar-refractivity contribution is 0.442. The van der Waals surface area contributed by atoms with Gasteiger partial charge in [-0.2, -0.15) is 0 Å². The molecule has 0 aliphatic rings. The van der Waals surface area contributed by atoms with Gasteiger partial charge in [0.25, 0.3) is 0 Å². The molecule has 0 saturated heterocycles. The van der Waals surface area contributed by atoms with Gasteiger partial charge in [-0.3, -0.25) is 17.2 Å². The molecule has 0 aliphatic carbocycles. The highest BCUT2D eigenvalue weighted by Gasteiger charge is 2.18. The topological polar surface area (TPSA) is 104 Å². The Balaban J connectivity index is 3.54. The van der Waals surface area contributed by atoms with Crippen LogP contribution in [0.3, 0.4) is 0 Å². The van der Waals surface area contributed by atoms with E-state index in [0.717, 1.165) is 0 Å². The van der Waals surface area contributed by atoms with Crippen molar-refractivity contribution < 1.29 is 0 Å². The molecule has 5 heteroatoms. The predicted octanol–water partition coefficient (Wildman–Crippen LogP) is -1.96. The molecule has 0 bridgehead atoms. The quantitative estimate of drug-likeness (QED) is 0.185. The number of rotatable bonds is 1. The van der Waals surface area contributed by atoms with E-state index in [1.165, 1.54) is 0 Å². The van der Waals surface area contributed by atoms with Crippen LogP contribution in [0.1, 0.15) is 0 Å². The lowest BCUT2D eigenvalue weighted by Gasteiger charge is -2.20. The maximum atomic E-state index is 5.16. The van der Waals surface area contributed by atoms with Crippen LogP contribution >= 0.6 is 11.6 Å². The predicted molar refractivity (Wildman–Crippen MR) is 29.1 cm³/mol. The Morgan fingerprint density at radius 2 is 1.43 bits per heavy atom. The molecular weight excluding hydrogens is 116 g/mol. The molecule has 7 heavy (non-hydrogen) atoms. The van der Waals surface area contributed by atoms with E-state index in [9.17, 15) is 0 Å². The first-order valence-electron chi connectivity index (χ1n) is 1.71. The summed E-state index contributed by atoms with van der Waals surface area (Å²) >= 11 is 5.16. The molecule has 0 spiro atoms. The molecule has 0 amide bonds. The molecule has 0 saturated carbocycles. The largest absolute Gasteiger partial charge is 0.311 e. The number of hydrogen-bond donors (Lipinski definition) is 4. The van der Waals surface area contributed by atoms with Crippen LogP contribution in [-0.4, -0.2) is 11.3 Å². The van der Waals surface area contributed by atoms with Crippen molar-refractivity contribution in [3.8, 4) is 0 Å². The molecule has 0 rings (SSSR count). The lowest BCUT2D eigenvalue weighted by Crippen LogP contribution is -2.67. The summed E-state index contributed by atoms with van der Waals surface area (Å²) in [6, 6.07) is 0. The van der Waals surface area contributed by atoms with Gasteiger partial charge in [-0.1, -0.05) is 0 Å². The van der Waals surface area contributed by atoms with Gasteiger partial charge in [-0.25, -0.2) is 0 Å². The van der Waals surface area contributed by atoms with Crippen molar-refractivity contribution in [1.82, 2.24) is 0 Å². The second-order valence-corrected chi connectivity index (χ2v) is 1.87. The Hall–Kier alpha value is 0.130. The smallest absolute Gasteiger partial charge is 0.146 e. The van der Waals surface area contributed by atoms with E-state index in [1.54, 1.807) is 0 Å². The summed E-state index contributed by atoms with van der Waals surface area (Å²) < 4.78 is 0. The van der Waals surface area contributed by atoms with Gasteiger partial charge in [0.15, 0.2) is 0 Å². The third kappa shape index (κ3) is 2.78.